The Balaban J connectivity index is 3.28. The summed E-state index contributed by atoms with van der Waals surface area (Å²) in [5.74, 6) is -1.16. The number of rotatable bonds is 4. The Morgan fingerprint density at radius 2 is 2.25 bits per heavy atom. The second-order valence-electron chi connectivity index (χ2n) is 3.04. The summed E-state index contributed by atoms with van der Waals surface area (Å²) in [6.07, 6.45) is -2.16. The molecule has 4 nitrogen and oxygen atoms in total. The lowest BCUT2D eigenvalue weighted by Crippen LogP contribution is -2.10. The lowest BCUT2D eigenvalue weighted by molar-refractivity contribution is -0.136. The molecule has 0 radical (unpaired) electrons. The van der Waals surface area contributed by atoms with E-state index in [4.69, 9.17) is 22.4 Å². The molecule has 0 unspecified atom stereocenters. The fourth-order valence-electron chi connectivity index (χ4n) is 1.25. The van der Waals surface area contributed by atoms with Crippen LogP contribution in [0.2, 0.25) is 5.02 Å². The van der Waals surface area contributed by atoms with Crippen molar-refractivity contribution in [3.63, 3.8) is 0 Å². The Bertz CT molecular complexity index is 413. The van der Waals surface area contributed by atoms with Gasteiger partial charge in [0.2, 0.25) is 0 Å². The highest BCUT2D eigenvalue weighted by Gasteiger charge is 2.20. The number of aliphatic carboxylic acids is 1. The zero-order valence-corrected chi connectivity index (χ0v) is 8.84. The minimum atomic E-state index is -2.84. The second-order valence-corrected chi connectivity index (χ2v) is 3.41. The molecule has 3 N–H and O–H groups in total. The van der Waals surface area contributed by atoms with Gasteiger partial charge in [-0.2, -0.15) is 0 Å². The van der Waals surface area contributed by atoms with Gasteiger partial charge in [-0.1, -0.05) is 11.6 Å². The second kappa shape index (κ2) is 5.18. The van der Waals surface area contributed by atoms with Crippen molar-refractivity contribution in [1.82, 2.24) is 4.98 Å². The van der Waals surface area contributed by atoms with Crippen molar-refractivity contribution in [2.75, 3.05) is 0 Å². The predicted molar refractivity (Wildman–Crippen MR) is 53.4 cm³/mol. The van der Waals surface area contributed by atoms with E-state index in [1.807, 2.05) is 0 Å². The number of hydrogen-bond acceptors (Lipinski definition) is 3. The normalized spacial score (nSPS) is 10.8. The third-order valence-electron chi connectivity index (χ3n) is 1.99. The van der Waals surface area contributed by atoms with Gasteiger partial charge < -0.3 is 10.8 Å². The molecular weight excluding hydrogens is 242 g/mol. The molecule has 0 aliphatic rings. The number of carboxylic acid groups (broad SMARTS) is 1. The summed E-state index contributed by atoms with van der Waals surface area (Å²) in [5.41, 5.74) is 5.18. The topological polar surface area (TPSA) is 76.2 Å². The fraction of sp³-hybridized carbons (Fsp3) is 0.333. The number of carbonyl (C=O) groups is 1. The maximum atomic E-state index is 12.5. The van der Waals surface area contributed by atoms with Crippen molar-refractivity contribution in [3.8, 4) is 0 Å². The molecule has 0 amide bonds. The van der Waals surface area contributed by atoms with Crippen molar-refractivity contribution in [3.05, 3.63) is 28.0 Å². The van der Waals surface area contributed by atoms with Crippen LogP contribution in [0.25, 0.3) is 0 Å². The van der Waals surface area contributed by atoms with Crippen molar-refractivity contribution in [2.24, 2.45) is 5.73 Å². The molecule has 0 aromatic carbocycles. The van der Waals surface area contributed by atoms with E-state index in [0.29, 0.717) is 5.56 Å². The first-order valence-corrected chi connectivity index (χ1v) is 4.71. The molecule has 0 saturated carbocycles. The first-order chi connectivity index (χ1) is 7.47. The van der Waals surface area contributed by atoms with Crippen LogP contribution in [0.3, 0.4) is 0 Å². The highest BCUT2D eigenvalue weighted by atomic mass is 35.5. The van der Waals surface area contributed by atoms with Crippen LogP contribution in [0.15, 0.2) is 6.20 Å². The summed E-state index contributed by atoms with van der Waals surface area (Å²) in [4.78, 5) is 14.0. The Hall–Kier alpha value is -1.27. The quantitative estimate of drug-likeness (QED) is 0.854. The summed E-state index contributed by atoms with van der Waals surface area (Å²) in [6, 6.07) is 0. The van der Waals surface area contributed by atoms with Crippen LogP contribution >= 0.6 is 11.6 Å². The van der Waals surface area contributed by atoms with Crippen LogP contribution in [0, 0.1) is 0 Å². The molecule has 0 bridgehead atoms. The van der Waals surface area contributed by atoms with Gasteiger partial charge in [0.05, 0.1) is 11.4 Å². The number of aromatic nitrogens is 1. The molecule has 0 saturated heterocycles. The summed E-state index contributed by atoms with van der Waals surface area (Å²) < 4.78 is 24.9. The molecule has 1 rings (SSSR count). The van der Waals surface area contributed by atoms with Crippen LogP contribution in [-0.2, 0) is 17.8 Å². The molecule has 16 heavy (non-hydrogen) atoms. The molecule has 0 atom stereocenters. The van der Waals surface area contributed by atoms with E-state index >= 15 is 0 Å². The van der Waals surface area contributed by atoms with Crippen LogP contribution < -0.4 is 5.73 Å². The molecule has 0 fully saturated rings. The maximum Gasteiger partial charge on any atom is 0.307 e. The lowest BCUT2D eigenvalue weighted by Gasteiger charge is -2.11. The highest BCUT2D eigenvalue weighted by Crippen LogP contribution is 2.30. The van der Waals surface area contributed by atoms with Crippen LogP contribution in [0.1, 0.15) is 23.2 Å². The van der Waals surface area contributed by atoms with Gasteiger partial charge in [0.1, 0.15) is 5.69 Å². The summed E-state index contributed by atoms with van der Waals surface area (Å²) >= 11 is 5.67. The standard InChI is InChI=1S/C9H9ClF2N2O2/c10-7-5(1-6(15)16)4(2-13)3-14-8(7)9(11)12/h3,9H,1-2,13H2,(H,15,16). The molecular formula is C9H9ClF2N2O2. The van der Waals surface area contributed by atoms with E-state index in [1.165, 1.54) is 0 Å². The first-order valence-electron chi connectivity index (χ1n) is 4.33. The minimum absolute atomic E-state index is 0.00114. The number of alkyl halides is 2. The van der Waals surface area contributed by atoms with Gasteiger partial charge in [-0.15, -0.1) is 0 Å². The molecule has 0 aliphatic carbocycles. The number of nitrogens with two attached hydrogens (primary N) is 1. The van der Waals surface area contributed by atoms with Gasteiger partial charge in [-0.3, -0.25) is 9.78 Å². The smallest absolute Gasteiger partial charge is 0.307 e. The number of hydrogen-bond donors (Lipinski definition) is 2. The Morgan fingerprint density at radius 1 is 1.62 bits per heavy atom. The maximum absolute atomic E-state index is 12.5. The van der Waals surface area contributed by atoms with Crippen molar-refractivity contribution >= 4 is 17.6 Å². The third kappa shape index (κ3) is 2.65. The van der Waals surface area contributed by atoms with E-state index < -0.39 is 24.5 Å². The van der Waals surface area contributed by atoms with Gasteiger partial charge in [0, 0.05) is 12.7 Å². The zero-order chi connectivity index (χ0) is 12.3. The largest absolute Gasteiger partial charge is 0.481 e. The number of pyridine rings is 1. The molecule has 7 heteroatoms. The average Bonchev–Trinajstić information content (AvgIpc) is 2.19. The van der Waals surface area contributed by atoms with Crippen molar-refractivity contribution < 1.29 is 18.7 Å². The monoisotopic (exact) mass is 250 g/mol. The first kappa shape index (κ1) is 12.8. The van der Waals surface area contributed by atoms with E-state index in [2.05, 4.69) is 4.98 Å². The fourth-order valence-corrected chi connectivity index (χ4v) is 1.57. The number of nitrogens with zero attached hydrogens (tertiary/aromatic N) is 1. The lowest BCUT2D eigenvalue weighted by atomic mass is 10.1. The summed E-state index contributed by atoms with van der Waals surface area (Å²) in [6.45, 7) is -0.00114. The van der Waals surface area contributed by atoms with Crippen LogP contribution in [0.5, 0.6) is 0 Å². The molecule has 1 heterocycles. The van der Waals surface area contributed by atoms with Gasteiger partial charge in [0.15, 0.2) is 0 Å². The van der Waals surface area contributed by atoms with Crippen LogP contribution in [0.4, 0.5) is 8.78 Å². The SMILES string of the molecule is NCc1cnc(C(F)F)c(Cl)c1CC(=O)O. The van der Waals surface area contributed by atoms with Gasteiger partial charge in [-0.05, 0) is 11.1 Å². The van der Waals surface area contributed by atoms with Crippen molar-refractivity contribution in [2.45, 2.75) is 19.4 Å². The van der Waals surface area contributed by atoms with Crippen LogP contribution in [-0.4, -0.2) is 16.1 Å². The highest BCUT2D eigenvalue weighted by molar-refractivity contribution is 6.32. The van der Waals surface area contributed by atoms with E-state index in [-0.39, 0.29) is 17.1 Å². The van der Waals surface area contributed by atoms with Gasteiger partial charge in [-0.25, -0.2) is 8.78 Å². The number of halogens is 3. The minimum Gasteiger partial charge on any atom is -0.481 e. The Morgan fingerprint density at radius 3 is 2.69 bits per heavy atom. The number of carboxylic acids is 1. The van der Waals surface area contributed by atoms with Gasteiger partial charge in [0.25, 0.3) is 6.43 Å². The zero-order valence-electron chi connectivity index (χ0n) is 8.08. The summed E-state index contributed by atoms with van der Waals surface area (Å²) in [5, 5.41) is 8.31. The molecule has 1 aromatic heterocycles. The summed E-state index contributed by atoms with van der Waals surface area (Å²) in [7, 11) is 0. The van der Waals surface area contributed by atoms with Crippen molar-refractivity contribution in [1.29, 1.82) is 0 Å². The van der Waals surface area contributed by atoms with E-state index in [0.717, 1.165) is 6.20 Å². The molecule has 0 aliphatic heterocycles. The Labute approximate surface area is 95.0 Å². The molecule has 1 aromatic rings. The average molecular weight is 251 g/mol. The van der Waals surface area contributed by atoms with E-state index in [9.17, 15) is 13.6 Å². The Kier molecular flexibility index (Phi) is 4.14. The van der Waals surface area contributed by atoms with Gasteiger partial charge >= 0.3 is 5.97 Å². The van der Waals surface area contributed by atoms with E-state index in [1.54, 1.807) is 0 Å². The third-order valence-corrected chi connectivity index (χ3v) is 2.41. The predicted octanol–water partition coefficient (Wildman–Crippen LogP) is 1.76. The molecule has 88 valence electrons. The molecule has 0 spiro atoms.